The zero-order valence-corrected chi connectivity index (χ0v) is 16.1. The minimum Gasteiger partial charge on any atom is -0.485 e. The molecule has 0 unspecified atom stereocenters. The number of hydrogen-bond acceptors (Lipinski definition) is 4. The third kappa shape index (κ3) is 2.87. The van der Waals surface area contributed by atoms with Crippen LogP contribution in [-0.2, 0) is 14.8 Å². The SMILES string of the molecule is Cc1ccc(S(=O)(=O)n2ccc3c(OC4COC4)cc(Cl)c(Cl)c32)cc1. The molecule has 0 radical (unpaired) electrons. The largest absolute Gasteiger partial charge is 0.485 e. The Balaban J connectivity index is 1.89. The fourth-order valence-electron chi connectivity index (χ4n) is 2.78. The molecule has 0 bridgehead atoms. The van der Waals surface area contributed by atoms with Crippen molar-refractivity contribution in [3.05, 3.63) is 58.2 Å². The molecule has 5 nitrogen and oxygen atoms in total. The first-order valence-corrected chi connectivity index (χ1v) is 10.1. The summed E-state index contributed by atoms with van der Waals surface area (Å²) in [5, 5.41) is 0.981. The van der Waals surface area contributed by atoms with Crippen LogP contribution in [0, 0.1) is 6.92 Å². The summed E-state index contributed by atoms with van der Waals surface area (Å²) in [7, 11) is -3.82. The molecule has 1 aliphatic rings. The van der Waals surface area contributed by atoms with Crippen LogP contribution >= 0.6 is 23.2 Å². The molecule has 1 aromatic heterocycles. The fourth-order valence-corrected chi connectivity index (χ4v) is 4.63. The fraction of sp³-hybridized carbons (Fsp3) is 0.222. The van der Waals surface area contributed by atoms with Crippen LogP contribution in [0.1, 0.15) is 5.56 Å². The van der Waals surface area contributed by atoms with Gasteiger partial charge in [-0.2, -0.15) is 0 Å². The Hall–Kier alpha value is -1.73. The zero-order valence-electron chi connectivity index (χ0n) is 13.8. The summed E-state index contributed by atoms with van der Waals surface area (Å²) in [5.41, 5.74) is 1.27. The lowest BCUT2D eigenvalue weighted by Crippen LogP contribution is -2.38. The second kappa shape index (κ2) is 6.46. The molecule has 136 valence electrons. The van der Waals surface area contributed by atoms with E-state index in [0.717, 1.165) is 9.54 Å². The Labute approximate surface area is 161 Å². The Morgan fingerprint density at radius 1 is 1.15 bits per heavy atom. The Morgan fingerprint density at radius 3 is 2.46 bits per heavy atom. The molecule has 0 spiro atoms. The molecule has 0 saturated carbocycles. The lowest BCUT2D eigenvalue weighted by atomic mass is 10.2. The third-order valence-electron chi connectivity index (χ3n) is 4.27. The van der Waals surface area contributed by atoms with Crippen LogP contribution in [0.4, 0.5) is 0 Å². The average Bonchev–Trinajstić information content (AvgIpc) is 3.02. The summed E-state index contributed by atoms with van der Waals surface area (Å²) in [6.45, 7) is 2.88. The molecule has 0 N–H and O–H groups in total. The molecule has 3 aromatic rings. The van der Waals surface area contributed by atoms with E-state index in [0.29, 0.717) is 29.9 Å². The normalized spacial score (nSPS) is 15.2. The first kappa shape index (κ1) is 17.7. The van der Waals surface area contributed by atoms with E-state index in [-0.39, 0.29) is 21.0 Å². The second-order valence-corrected chi connectivity index (χ2v) is 8.74. The third-order valence-corrected chi connectivity index (χ3v) is 6.74. The number of halogens is 2. The highest BCUT2D eigenvalue weighted by Crippen LogP contribution is 2.40. The highest BCUT2D eigenvalue weighted by atomic mass is 35.5. The van der Waals surface area contributed by atoms with Crippen molar-refractivity contribution in [1.82, 2.24) is 3.97 Å². The maximum atomic E-state index is 13.1. The van der Waals surface area contributed by atoms with Crippen molar-refractivity contribution in [2.24, 2.45) is 0 Å². The molecule has 1 fully saturated rings. The van der Waals surface area contributed by atoms with Crippen LogP contribution in [-0.4, -0.2) is 31.7 Å². The van der Waals surface area contributed by atoms with Gasteiger partial charge in [-0.1, -0.05) is 40.9 Å². The minimum atomic E-state index is -3.82. The van der Waals surface area contributed by atoms with E-state index < -0.39 is 10.0 Å². The van der Waals surface area contributed by atoms with Gasteiger partial charge in [0.15, 0.2) is 0 Å². The van der Waals surface area contributed by atoms with Gasteiger partial charge in [-0.05, 0) is 25.1 Å². The molecule has 2 aromatic carbocycles. The first-order chi connectivity index (χ1) is 12.4. The lowest BCUT2D eigenvalue weighted by molar-refractivity contribution is -0.0790. The average molecular weight is 412 g/mol. The van der Waals surface area contributed by atoms with Crippen molar-refractivity contribution < 1.29 is 17.9 Å². The van der Waals surface area contributed by atoms with Gasteiger partial charge in [-0.15, -0.1) is 0 Å². The number of ether oxygens (including phenoxy) is 2. The van der Waals surface area contributed by atoms with Gasteiger partial charge in [-0.3, -0.25) is 0 Å². The maximum absolute atomic E-state index is 13.1. The minimum absolute atomic E-state index is 0.0764. The van der Waals surface area contributed by atoms with Crippen molar-refractivity contribution in [3.8, 4) is 5.75 Å². The Kier molecular flexibility index (Phi) is 4.39. The van der Waals surface area contributed by atoms with Gasteiger partial charge in [0.2, 0.25) is 0 Å². The van der Waals surface area contributed by atoms with Gasteiger partial charge in [0, 0.05) is 17.6 Å². The number of rotatable bonds is 4. The molecule has 8 heteroatoms. The van der Waals surface area contributed by atoms with Crippen LogP contribution in [0.3, 0.4) is 0 Å². The van der Waals surface area contributed by atoms with E-state index in [1.807, 2.05) is 6.92 Å². The number of benzene rings is 2. The summed E-state index contributed by atoms with van der Waals surface area (Å²) in [5.74, 6) is 0.487. The van der Waals surface area contributed by atoms with Gasteiger partial charge in [0.25, 0.3) is 10.0 Å². The predicted molar refractivity (Wildman–Crippen MR) is 101 cm³/mol. The monoisotopic (exact) mass is 411 g/mol. The summed E-state index contributed by atoms with van der Waals surface area (Å²) < 4.78 is 38.3. The standard InChI is InChI=1S/C18H15Cl2NO4S/c1-11-2-4-13(5-3-11)26(22,23)21-7-6-14-16(25-12-9-24-10-12)8-15(19)17(20)18(14)21/h2-8,12H,9-10H2,1H3. The summed E-state index contributed by atoms with van der Waals surface area (Å²) in [6.07, 6.45) is 1.39. The molecule has 0 amide bonds. The maximum Gasteiger partial charge on any atom is 0.268 e. The van der Waals surface area contributed by atoms with E-state index in [9.17, 15) is 8.42 Å². The Morgan fingerprint density at radius 2 is 1.85 bits per heavy atom. The molecule has 1 saturated heterocycles. The number of aromatic nitrogens is 1. The lowest BCUT2D eigenvalue weighted by Gasteiger charge is -2.27. The van der Waals surface area contributed by atoms with Crippen LogP contribution in [0.25, 0.3) is 10.9 Å². The smallest absolute Gasteiger partial charge is 0.268 e. The molecule has 0 aliphatic carbocycles. The molecule has 26 heavy (non-hydrogen) atoms. The van der Waals surface area contributed by atoms with E-state index in [1.165, 1.54) is 6.20 Å². The molecule has 4 rings (SSSR count). The zero-order chi connectivity index (χ0) is 18.5. The molecule has 0 atom stereocenters. The number of nitrogens with zero attached hydrogens (tertiary/aromatic N) is 1. The second-order valence-electron chi connectivity index (χ2n) is 6.14. The number of hydrogen-bond donors (Lipinski definition) is 0. The highest BCUT2D eigenvalue weighted by Gasteiger charge is 2.26. The Bertz CT molecular complexity index is 1090. The van der Waals surface area contributed by atoms with Gasteiger partial charge >= 0.3 is 0 Å². The van der Waals surface area contributed by atoms with E-state index in [2.05, 4.69) is 0 Å². The molecule has 2 heterocycles. The van der Waals surface area contributed by atoms with Gasteiger partial charge < -0.3 is 9.47 Å². The first-order valence-electron chi connectivity index (χ1n) is 7.93. The predicted octanol–water partition coefficient (Wildman–Crippen LogP) is 4.27. The molecular formula is C18H15Cl2NO4S. The quantitative estimate of drug-likeness (QED) is 0.642. The molecular weight excluding hydrogens is 397 g/mol. The van der Waals surface area contributed by atoms with Crippen LogP contribution in [0.5, 0.6) is 5.75 Å². The van der Waals surface area contributed by atoms with E-state index in [4.69, 9.17) is 32.7 Å². The molecule has 1 aliphatic heterocycles. The number of aryl methyl sites for hydroxylation is 1. The van der Waals surface area contributed by atoms with E-state index in [1.54, 1.807) is 36.4 Å². The van der Waals surface area contributed by atoms with Crippen molar-refractivity contribution in [1.29, 1.82) is 0 Å². The summed E-state index contributed by atoms with van der Waals surface area (Å²) in [4.78, 5) is 0.173. The van der Waals surface area contributed by atoms with Gasteiger partial charge in [-0.25, -0.2) is 12.4 Å². The van der Waals surface area contributed by atoms with E-state index >= 15 is 0 Å². The van der Waals surface area contributed by atoms with Crippen LogP contribution < -0.4 is 4.74 Å². The highest BCUT2D eigenvalue weighted by molar-refractivity contribution is 7.90. The van der Waals surface area contributed by atoms with Gasteiger partial charge in [0.1, 0.15) is 11.9 Å². The van der Waals surface area contributed by atoms with Crippen molar-refractivity contribution in [2.45, 2.75) is 17.9 Å². The van der Waals surface area contributed by atoms with Crippen molar-refractivity contribution in [2.75, 3.05) is 13.2 Å². The summed E-state index contributed by atoms with van der Waals surface area (Å²) in [6, 6.07) is 9.90. The number of fused-ring (bicyclic) bond motifs is 1. The van der Waals surface area contributed by atoms with Crippen molar-refractivity contribution >= 4 is 44.1 Å². The summed E-state index contributed by atoms with van der Waals surface area (Å²) >= 11 is 12.6. The topological polar surface area (TPSA) is 57.5 Å². The van der Waals surface area contributed by atoms with Crippen LogP contribution in [0.2, 0.25) is 10.0 Å². The van der Waals surface area contributed by atoms with Crippen molar-refractivity contribution in [3.63, 3.8) is 0 Å². The van der Waals surface area contributed by atoms with Gasteiger partial charge in [0.05, 0.1) is 33.7 Å². The van der Waals surface area contributed by atoms with Crippen LogP contribution in [0.15, 0.2) is 47.5 Å².